The average Bonchev–Trinajstić information content (AvgIpc) is 2.97. The number of fused-ring (bicyclic) bond motifs is 5. The molecule has 1 unspecified atom stereocenters. The first-order chi connectivity index (χ1) is 11.5. The summed E-state index contributed by atoms with van der Waals surface area (Å²) in [4.78, 5) is 26.6. The molecule has 0 aromatic heterocycles. The molecule has 2 N–H and O–H groups in total. The maximum atomic E-state index is 13.2. The van der Waals surface area contributed by atoms with Crippen molar-refractivity contribution in [2.75, 3.05) is 18.6 Å². The third-order valence-corrected chi connectivity index (χ3v) is 6.41. The topological polar surface area (TPSA) is 69.6 Å². The molecule has 1 amide bonds. The molecule has 3 heterocycles. The van der Waals surface area contributed by atoms with Crippen LogP contribution in [0.5, 0.6) is 0 Å². The second-order valence-electron chi connectivity index (χ2n) is 7.63. The van der Waals surface area contributed by atoms with Crippen molar-refractivity contribution in [1.29, 1.82) is 0 Å². The molecule has 24 heavy (non-hydrogen) atoms. The molecule has 0 radical (unpaired) electrons. The number of amides is 1. The number of Topliss-reactive ketones (excluding diaryl/α,β-unsaturated/α-hetero) is 1. The molecule has 0 aliphatic carbocycles. The maximum Gasteiger partial charge on any atom is 0.239 e. The molecule has 4 rings (SSSR count). The van der Waals surface area contributed by atoms with Crippen LogP contribution in [0, 0.1) is 11.8 Å². The molecule has 2 bridgehead atoms. The van der Waals surface area contributed by atoms with Crippen LogP contribution in [-0.2, 0) is 15.0 Å². The zero-order chi connectivity index (χ0) is 17.1. The molecule has 3 aliphatic heterocycles. The molecule has 5 atom stereocenters. The minimum Gasteiger partial charge on any atom is -0.396 e. The Labute approximate surface area is 142 Å². The summed E-state index contributed by atoms with van der Waals surface area (Å²) in [6.45, 7) is 1.67. The van der Waals surface area contributed by atoms with E-state index < -0.39 is 5.41 Å². The Kier molecular flexibility index (Phi) is 3.55. The fourth-order valence-electron chi connectivity index (χ4n) is 5.38. The lowest BCUT2D eigenvalue weighted by Gasteiger charge is -2.37. The Balaban J connectivity index is 1.77. The standard InChI is InChI=1S/C19H24N2O3/c1-11(23)7-12-8-17-19(9-15(20-17)13(12)10-22)14-5-3-4-6-16(14)21(2)18(19)24/h3-6,12-13,15,17,20,22H,7-10H2,1-2H3/t12-,13-,15+,17?,19+/m1/s1. The van der Waals surface area contributed by atoms with Gasteiger partial charge in [-0.05, 0) is 37.3 Å². The van der Waals surface area contributed by atoms with Crippen LogP contribution < -0.4 is 10.2 Å². The van der Waals surface area contributed by atoms with Gasteiger partial charge in [-0.25, -0.2) is 0 Å². The Morgan fingerprint density at radius 1 is 1.42 bits per heavy atom. The van der Waals surface area contributed by atoms with Gasteiger partial charge in [-0.1, -0.05) is 18.2 Å². The molecule has 1 aromatic carbocycles. The lowest BCUT2D eigenvalue weighted by molar-refractivity contribution is -0.123. The van der Waals surface area contributed by atoms with E-state index in [0.717, 1.165) is 17.7 Å². The lowest BCUT2D eigenvalue weighted by Crippen LogP contribution is -2.52. The van der Waals surface area contributed by atoms with E-state index in [4.69, 9.17) is 0 Å². The van der Waals surface area contributed by atoms with Gasteiger partial charge in [-0.2, -0.15) is 0 Å². The van der Waals surface area contributed by atoms with Gasteiger partial charge in [-0.3, -0.25) is 4.79 Å². The first-order valence-electron chi connectivity index (χ1n) is 8.73. The predicted molar refractivity (Wildman–Crippen MR) is 90.8 cm³/mol. The van der Waals surface area contributed by atoms with Crippen LogP contribution in [-0.4, -0.2) is 42.5 Å². The van der Waals surface area contributed by atoms with Gasteiger partial charge >= 0.3 is 0 Å². The van der Waals surface area contributed by atoms with Crippen LogP contribution in [0.25, 0.3) is 0 Å². The second kappa shape index (κ2) is 5.39. The van der Waals surface area contributed by atoms with Crippen LogP contribution in [0.2, 0.25) is 0 Å². The van der Waals surface area contributed by atoms with Crippen molar-refractivity contribution in [2.24, 2.45) is 11.8 Å². The SMILES string of the molecule is CC(=O)C[C@@H]1CC2N[C@@H](C[C@@]23C(=O)N(C)c2ccccc23)[C@@H]1CO. The summed E-state index contributed by atoms with van der Waals surface area (Å²) in [7, 11) is 1.84. The number of ketones is 1. The minimum absolute atomic E-state index is 0.0354. The van der Waals surface area contributed by atoms with Crippen molar-refractivity contribution in [3.8, 4) is 0 Å². The fraction of sp³-hybridized carbons (Fsp3) is 0.579. The number of carbonyl (C=O) groups excluding carboxylic acids is 2. The van der Waals surface area contributed by atoms with Gasteiger partial charge in [0.15, 0.2) is 0 Å². The molecular weight excluding hydrogens is 304 g/mol. The number of para-hydroxylation sites is 1. The van der Waals surface area contributed by atoms with Gasteiger partial charge in [0.25, 0.3) is 0 Å². The summed E-state index contributed by atoms with van der Waals surface area (Å²) >= 11 is 0. The highest BCUT2D eigenvalue weighted by molar-refractivity contribution is 6.08. The number of aliphatic hydroxyl groups is 1. The van der Waals surface area contributed by atoms with Gasteiger partial charge in [0.1, 0.15) is 5.78 Å². The second-order valence-corrected chi connectivity index (χ2v) is 7.63. The molecule has 128 valence electrons. The number of hydrogen-bond donors (Lipinski definition) is 2. The zero-order valence-electron chi connectivity index (χ0n) is 14.2. The van der Waals surface area contributed by atoms with Crippen molar-refractivity contribution in [3.05, 3.63) is 29.8 Å². The number of carbonyl (C=O) groups is 2. The lowest BCUT2D eigenvalue weighted by atomic mass is 9.73. The molecule has 5 nitrogen and oxygen atoms in total. The van der Waals surface area contributed by atoms with Crippen LogP contribution in [0.4, 0.5) is 5.69 Å². The number of aliphatic hydroxyl groups excluding tert-OH is 1. The van der Waals surface area contributed by atoms with E-state index in [1.54, 1.807) is 11.8 Å². The smallest absolute Gasteiger partial charge is 0.239 e. The van der Waals surface area contributed by atoms with Crippen molar-refractivity contribution in [3.63, 3.8) is 0 Å². The van der Waals surface area contributed by atoms with E-state index in [-0.39, 0.29) is 42.2 Å². The van der Waals surface area contributed by atoms with E-state index in [9.17, 15) is 14.7 Å². The zero-order valence-corrected chi connectivity index (χ0v) is 14.2. The maximum absolute atomic E-state index is 13.2. The van der Waals surface area contributed by atoms with Crippen molar-refractivity contribution < 1.29 is 14.7 Å². The normalized spacial score (nSPS) is 37.1. The summed E-state index contributed by atoms with van der Waals surface area (Å²) in [5, 5.41) is 13.5. The number of likely N-dealkylation sites (N-methyl/N-ethyl adjacent to an activating group) is 1. The number of benzene rings is 1. The summed E-state index contributed by atoms with van der Waals surface area (Å²) in [5.74, 6) is 0.484. The Morgan fingerprint density at radius 3 is 2.88 bits per heavy atom. The van der Waals surface area contributed by atoms with Crippen LogP contribution in [0.3, 0.4) is 0 Å². The minimum atomic E-state index is -0.547. The van der Waals surface area contributed by atoms with Gasteiger partial charge in [-0.15, -0.1) is 0 Å². The predicted octanol–water partition coefficient (Wildman–Crippen LogP) is 1.24. The third kappa shape index (κ3) is 1.94. The van der Waals surface area contributed by atoms with E-state index in [0.29, 0.717) is 12.8 Å². The molecule has 1 aromatic rings. The van der Waals surface area contributed by atoms with Gasteiger partial charge in [0.05, 0.1) is 5.41 Å². The number of piperidine rings is 1. The van der Waals surface area contributed by atoms with Crippen molar-refractivity contribution in [2.45, 2.75) is 43.7 Å². The Hall–Kier alpha value is -1.72. The third-order valence-electron chi connectivity index (χ3n) is 6.41. The van der Waals surface area contributed by atoms with E-state index >= 15 is 0 Å². The number of anilines is 1. The summed E-state index contributed by atoms with van der Waals surface area (Å²) in [5.41, 5.74) is 1.53. The number of nitrogens with zero attached hydrogens (tertiary/aromatic N) is 1. The summed E-state index contributed by atoms with van der Waals surface area (Å²) in [6.07, 6.45) is 1.95. The quantitative estimate of drug-likeness (QED) is 0.876. The number of hydrogen-bond acceptors (Lipinski definition) is 4. The number of rotatable bonds is 3. The molecule has 0 saturated carbocycles. The first-order valence-corrected chi connectivity index (χ1v) is 8.73. The van der Waals surface area contributed by atoms with E-state index in [2.05, 4.69) is 11.4 Å². The number of nitrogens with one attached hydrogen (secondary N) is 1. The van der Waals surface area contributed by atoms with Crippen LogP contribution in [0.1, 0.15) is 31.7 Å². The van der Waals surface area contributed by atoms with Gasteiger partial charge in [0.2, 0.25) is 5.91 Å². The molecule has 3 aliphatic rings. The highest BCUT2D eigenvalue weighted by atomic mass is 16.3. The van der Waals surface area contributed by atoms with Crippen molar-refractivity contribution >= 4 is 17.4 Å². The largest absolute Gasteiger partial charge is 0.396 e. The van der Waals surface area contributed by atoms with Gasteiger partial charge < -0.3 is 20.1 Å². The fourth-order valence-corrected chi connectivity index (χ4v) is 5.38. The molecule has 5 heteroatoms. The van der Waals surface area contributed by atoms with E-state index in [1.165, 1.54) is 0 Å². The van der Waals surface area contributed by atoms with Crippen LogP contribution >= 0.6 is 0 Å². The highest BCUT2D eigenvalue weighted by Gasteiger charge is 2.62. The Bertz CT molecular complexity index is 704. The summed E-state index contributed by atoms with van der Waals surface area (Å²) < 4.78 is 0. The van der Waals surface area contributed by atoms with E-state index in [1.807, 2.05) is 25.2 Å². The van der Waals surface area contributed by atoms with Crippen molar-refractivity contribution in [1.82, 2.24) is 5.32 Å². The molecule has 2 fully saturated rings. The highest BCUT2D eigenvalue weighted by Crippen LogP contribution is 2.54. The average molecular weight is 328 g/mol. The molecule has 1 spiro atoms. The molecular formula is C19H24N2O3. The van der Waals surface area contributed by atoms with Gasteiger partial charge in [0, 0.05) is 43.8 Å². The molecule has 2 saturated heterocycles. The summed E-state index contributed by atoms with van der Waals surface area (Å²) in [6, 6.07) is 8.14. The first kappa shape index (κ1) is 15.8. The Morgan fingerprint density at radius 2 is 2.17 bits per heavy atom. The van der Waals surface area contributed by atoms with Crippen LogP contribution in [0.15, 0.2) is 24.3 Å². The monoisotopic (exact) mass is 328 g/mol.